The molecule has 0 spiro atoms. The molecule has 1 aromatic carbocycles. The van der Waals surface area contributed by atoms with Crippen LogP contribution in [0.25, 0.3) is 6.08 Å². The summed E-state index contributed by atoms with van der Waals surface area (Å²) in [5.74, 6) is 0. The van der Waals surface area contributed by atoms with Gasteiger partial charge in [-0.25, -0.2) is 0 Å². The average molecular weight is 263 g/mol. The molecule has 0 aliphatic carbocycles. The molecule has 80 valence electrons. The second-order valence-corrected chi connectivity index (χ2v) is 5.92. The van der Waals surface area contributed by atoms with Crippen LogP contribution < -0.4 is 0 Å². The minimum absolute atomic E-state index is 0.233. The lowest BCUT2D eigenvalue weighted by Crippen LogP contribution is -2.32. The first-order valence-corrected chi connectivity index (χ1v) is 5.69. The minimum atomic E-state index is -1.32. The van der Waals surface area contributed by atoms with Crippen LogP contribution in [0.2, 0.25) is 0 Å². The monoisotopic (exact) mass is 261 g/mol. The van der Waals surface area contributed by atoms with Gasteiger partial charge in [-0.2, -0.15) is 0 Å². The maximum atomic E-state index is 5.99. The summed E-state index contributed by atoms with van der Waals surface area (Å²) < 4.78 is -1.32. The van der Waals surface area contributed by atoms with Crippen LogP contribution in [0.4, 0.5) is 0 Å². The fourth-order valence-electron chi connectivity index (χ4n) is 1.82. The van der Waals surface area contributed by atoms with Gasteiger partial charge in [0.1, 0.15) is 6.04 Å². The van der Waals surface area contributed by atoms with Crippen molar-refractivity contribution in [2.45, 2.75) is 9.83 Å². The largest absolute Gasteiger partial charge is 0.369 e. The van der Waals surface area contributed by atoms with Crippen LogP contribution in [0.3, 0.4) is 0 Å². The Bertz CT molecular complexity index is 395. The van der Waals surface area contributed by atoms with Crippen LogP contribution >= 0.6 is 34.8 Å². The van der Waals surface area contributed by atoms with E-state index < -0.39 is 3.79 Å². The van der Waals surface area contributed by atoms with Crippen molar-refractivity contribution in [1.29, 1.82) is 0 Å². The molecule has 1 nitrogen and oxygen atoms in total. The number of fused-ring (bicyclic) bond motifs is 1. The third-order valence-electron chi connectivity index (χ3n) is 2.50. The molecule has 0 saturated heterocycles. The van der Waals surface area contributed by atoms with Crippen molar-refractivity contribution in [2.75, 3.05) is 7.05 Å². The molecule has 15 heavy (non-hydrogen) atoms. The molecule has 0 radical (unpaired) electrons. The van der Waals surface area contributed by atoms with E-state index in [-0.39, 0.29) is 6.04 Å². The summed E-state index contributed by atoms with van der Waals surface area (Å²) in [5.41, 5.74) is 2.15. The van der Waals surface area contributed by atoms with Gasteiger partial charge in [0.2, 0.25) is 3.79 Å². The normalized spacial score (nSPS) is 20.3. The van der Waals surface area contributed by atoms with Gasteiger partial charge < -0.3 is 4.90 Å². The predicted octanol–water partition coefficient (Wildman–Crippen LogP) is 4.01. The summed E-state index contributed by atoms with van der Waals surface area (Å²) in [6.45, 7) is 0. The van der Waals surface area contributed by atoms with Gasteiger partial charge in [0, 0.05) is 13.2 Å². The molecule has 0 N–H and O–H groups in total. The van der Waals surface area contributed by atoms with Gasteiger partial charge in [0.05, 0.1) is 0 Å². The topological polar surface area (TPSA) is 3.24 Å². The summed E-state index contributed by atoms with van der Waals surface area (Å²) in [5, 5.41) is 0. The van der Waals surface area contributed by atoms with Crippen LogP contribution in [-0.4, -0.2) is 15.7 Å². The minimum Gasteiger partial charge on any atom is -0.369 e. The van der Waals surface area contributed by atoms with Crippen LogP contribution in [0.15, 0.2) is 30.5 Å². The zero-order chi connectivity index (χ0) is 11.1. The summed E-state index contributed by atoms with van der Waals surface area (Å²) >= 11 is 18.0. The first-order chi connectivity index (χ1) is 7.00. The molecule has 2 rings (SSSR count). The molecule has 1 aromatic rings. The van der Waals surface area contributed by atoms with Gasteiger partial charge >= 0.3 is 0 Å². The Balaban J connectivity index is 2.52. The molecule has 1 aliphatic rings. The molecule has 4 heteroatoms. The van der Waals surface area contributed by atoms with Gasteiger partial charge in [-0.3, -0.25) is 0 Å². The Morgan fingerprint density at radius 3 is 2.53 bits per heavy atom. The zero-order valence-electron chi connectivity index (χ0n) is 8.12. The van der Waals surface area contributed by atoms with Crippen molar-refractivity contribution >= 4 is 40.9 Å². The van der Waals surface area contributed by atoms with E-state index in [1.54, 1.807) is 0 Å². The fourth-order valence-corrected chi connectivity index (χ4v) is 2.64. The molecule has 0 aromatic heterocycles. The van der Waals surface area contributed by atoms with Crippen LogP contribution in [0, 0.1) is 0 Å². The SMILES string of the molecule is CN1C=Cc2ccccc2C1C(Cl)(Cl)Cl. The molecule has 0 saturated carbocycles. The first-order valence-electron chi connectivity index (χ1n) is 4.56. The molecule has 1 heterocycles. The highest BCUT2D eigenvalue weighted by molar-refractivity contribution is 6.68. The van der Waals surface area contributed by atoms with Crippen molar-refractivity contribution in [3.05, 3.63) is 41.6 Å². The maximum Gasteiger partial charge on any atom is 0.214 e. The fraction of sp³-hybridized carbons (Fsp3) is 0.273. The van der Waals surface area contributed by atoms with Gasteiger partial charge in [0.15, 0.2) is 0 Å². The molecule has 1 atom stereocenters. The summed E-state index contributed by atoms with van der Waals surface area (Å²) in [4.78, 5) is 1.91. The molecule has 1 aliphatic heterocycles. The second-order valence-electron chi connectivity index (χ2n) is 3.55. The van der Waals surface area contributed by atoms with Crippen molar-refractivity contribution in [3.8, 4) is 0 Å². The third-order valence-corrected chi connectivity index (χ3v) is 3.12. The number of rotatable bonds is 0. The molecule has 1 unspecified atom stereocenters. The molecule has 0 fully saturated rings. The molecule has 0 bridgehead atoms. The number of halogens is 3. The van der Waals surface area contributed by atoms with Crippen molar-refractivity contribution < 1.29 is 0 Å². The quantitative estimate of drug-likeness (QED) is 0.639. The van der Waals surface area contributed by atoms with Gasteiger partial charge in [-0.05, 0) is 17.2 Å². The summed E-state index contributed by atoms with van der Waals surface area (Å²) in [6.07, 6.45) is 3.94. The van der Waals surface area contributed by atoms with E-state index >= 15 is 0 Å². The van der Waals surface area contributed by atoms with Crippen LogP contribution in [0.5, 0.6) is 0 Å². The zero-order valence-corrected chi connectivity index (χ0v) is 10.4. The van der Waals surface area contributed by atoms with E-state index in [0.717, 1.165) is 11.1 Å². The lowest BCUT2D eigenvalue weighted by Gasteiger charge is -2.36. The lowest BCUT2D eigenvalue weighted by molar-refractivity contribution is 0.337. The lowest BCUT2D eigenvalue weighted by atomic mass is 9.97. The Kier molecular flexibility index (Phi) is 2.89. The number of nitrogens with zero attached hydrogens (tertiary/aromatic N) is 1. The van der Waals surface area contributed by atoms with E-state index in [9.17, 15) is 0 Å². The second kappa shape index (κ2) is 3.89. The highest BCUT2D eigenvalue weighted by Gasteiger charge is 2.38. The average Bonchev–Trinajstić information content (AvgIpc) is 2.15. The standard InChI is InChI=1S/C11H10Cl3N/c1-15-7-6-8-4-2-3-5-9(8)10(15)11(12,13)14/h2-7,10H,1H3. The van der Waals surface area contributed by atoms with E-state index in [0.29, 0.717) is 0 Å². The van der Waals surface area contributed by atoms with Crippen molar-refractivity contribution in [2.24, 2.45) is 0 Å². The summed E-state index contributed by atoms with van der Waals surface area (Å²) in [7, 11) is 1.90. The van der Waals surface area contributed by atoms with Gasteiger partial charge in [-0.1, -0.05) is 59.1 Å². The van der Waals surface area contributed by atoms with E-state index in [4.69, 9.17) is 34.8 Å². The number of hydrogen-bond acceptors (Lipinski definition) is 1. The number of alkyl halides is 3. The Morgan fingerprint density at radius 1 is 1.20 bits per heavy atom. The summed E-state index contributed by atoms with van der Waals surface area (Å²) in [6, 6.07) is 7.70. The van der Waals surface area contributed by atoms with Gasteiger partial charge in [-0.15, -0.1) is 0 Å². The Morgan fingerprint density at radius 2 is 1.87 bits per heavy atom. The van der Waals surface area contributed by atoms with Crippen molar-refractivity contribution in [1.82, 2.24) is 4.90 Å². The first kappa shape index (κ1) is 11.1. The highest BCUT2D eigenvalue weighted by atomic mass is 35.6. The smallest absolute Gasteiger partial charge is 0.214 e. The van der Waals surface area contributed by atoms with Crippen LogP contribution in [0.1, 0.15) is 17.2 Å². The number of benzene rings is 1. The van der Waals surface area contributed by atoms with Crippen LogP contribution in [-0.2, 0) is 0 Å². The Labute approximate surface area is 104 Å². The molecular weight excluding hydrogens is 252 g/mol. The maximum absolute atomic E-state index is 5.99. The highest BCUT2D eigenvalue weighted by Crippen LogP contribution is 2.46. The van der Waals surface area contributed by atoms with Gasteiger partial charge in [0.25, 0.3) is 0 Å². The third kappa shape index (κ3) is 2.10. The molecule has 0 amide bonds. The van der Waals surface area contributed by atoms with E-state index in [2.05, 4.69) is 0 Å². The molecular formula is C11H10Cl3N. The predicted molar refractivity (Wildman–Crippen MR) is 66.3 cm³/mol. The number of hydrogen-bond donors (Lipinski definition) is 0. The Hall–Kier alpha value is -0.370. The van der Waals surface area contributed by atoms with E-state index in [1.807, 2.05) is 48.5 Å². The van der Waals surface area contributed by atoms with E-state index in [1.165, 1.54) is 0 Å². The van der Waals surface area contributed by atoms with Crippen molar-refractivity contribution in [3.63, 3.8) is 0 Å².